The van der Waals surface area contributed by atoms with E-state index in [0.717, 1.165) is 42.8 Å². The number of carbonyl (C=O) groups excluding carboxylic acids is 1. The van der Waals surface area contributed by atoms with Gasteiger partial charge in [0.15, 0.2) is 5.78 Å². The fraction of sp³-hybridized carbons (Fsp3) is 0.435. The van der Waals surface area contributed by atoms with Gasteiger partial charge in [0, 0.05) is 30.8 Å². The van der Waals surface area contributed by atoms with Gasteiger partial charge in [0.05, 0.1) is 12.0 Å². The van der Waals surface area contributed by atoms with Crippen LogP contribution >= 0.6 is 0 Å². The summed E-state index contributed by atoms with van der Waals surface area (Å²) >= 11 is 0. The Labute approximate surface area is 179 Å². The Morgan fingerprint density at radius 1 is 1.20 bits per heavy atom. The first kappa shape index (κ1) is 22.5. The molecule has 1 aliphatic rings. The molecule has 1 saturated heterocycles. The lowest BCUT2D eigenvalue weighted by atomic mass is 9.97. The van der Waals surface area contributed by atoms with Crippen molar-refractivity contribution in [3.05, 3.63) is 59.2 Å². The van der Waals surface area contributed by atoms with Crippen LogP contribution < -0.4 is 9.46 Å². The van der Waals surface area contributed by atoms with Gasteiger partial charge in [-0.2, -0.15) is 0 Å². The number of piperidine rings is 1. The van der Waals surface area contributed by atoms with Gasteiger partial charge < -0.3 is 4.74 Å². The van der Waals surface area contributed by atoms with Crippen molar-refractivity contribution in [2.45, 2.75) is 38.1 Å². The van der Waals surface area contributed by atoms with Gasteiger partial charge in [0.1, 0.15) is 5.75 Å². The Hall–Kier alpha value is -2.22. The molecular formula is C23H30N2O4S. The highest BCUT2D eigenvalue weighted by Crippen LogP contribution is 2.25. The van der Waals surface area contributed by atoms with E-state index in [9.17, 15) is 13.2 Å². The normalized spacial score (nSPS) is 17.6. The highest BCUT2D eigenvalue weighted by Gasteiger charge is 2.23. The van der Waals surface area contributed by atoms with Gasteiger partial charge in [-0.05, 0) is 69.5 Å². The molecular weight excluding hydrogens is 400 g/mol. The molecule has 1 fully saturated rings. The summed E-state index contributed by atoms with van der Waals surface area (Å²) in [7, 11) is -1.87. The SMILES string of the molecule is COc1ccc(C(C)=O)cc1CN1CCCC(CNS(=O)(=O)c2ccc(C)cc2)C1. The van der Waals surface area contributed by atoms with Crippen LogP contribution in [0.4, 0.5) is 0 Å². The number of aryl methyl sites for hydroxylation is 1. The quantitative estimate of drug-likeness (QED) is 0.650. The number of likely N-dealkylation sites (tertiary alicyclic amines) is 1. The van der Waals surface area contributed by atoms with Crippen molar-refractivity contribution < 1.29 is 17.9 Å². The Balaban J connectivity index is 1.62. The summed E-state index contributed by atoms with van der Waals surface area (Å²) in [6.45, 7) is 6.31. The van der Waals surface area contributed by atoms with Crippen LogP contribution in [0.5, 0.6) is 5.75 Å². The predicted octanol–water partition coefficient (Wildman–Crippen LogP) is 3.40. The number of nitrogens with zero attached hydrogens (tertiary/aromatic N) is 1. The van der Waals surface area contributed by atoms with E-state index >= 15 is 0 Å². The minimum absolute atomic E-state index is 0.0286. The summed E-state index contributed by atoms with van der Waals surface area (Å²) in [5.74, 6) is 1.03. The highest BCUT2D eigenvalue weighted by molar-refractivity contribution is 7.89. The monoisotopic (exact) mass is 430 g/mol. The van der Waals surface area contributed by atoms with Crippen LogP contribution in [0, 0.1) is 12.8 Å². The molecule has 6 nitrogen and oxygen atoms in total. The molecule has 1 unspecified atom stereocenters. The Morgan fingerprint density at radius 3 is 2.60 bits per heavy atom. The fourth-order valence-electron chi connectivity index (χ4n) is 3.85. The molecule has 2 aromatic carbocycles. The number of sulfonamides is 1. The molecule has 0 bridgehead atoms. The first-order chi connectivity index (χ1) is 14.3. The maximum absolute atomic E-state index is 12.6. The summed E-state index contributed by atoms with van der Waals surface area (Å²) in [6, 6.07) is 12.4. The van der Waals surface area contributed by atoms with Crippen LogP contribution in [0.1, 0.15) is 41.3 Å². The van der Waals surface area contributed by atoms with Crippen molar-refractivity contribution in [1.82, 2.24) is 9.62 Å². The van der Waals surface area contributed by atoms with E-state index in [-0.39, 0.29) is 11.7 Å². The molecule has 7 heteroatoms. The molecule has 0 amide bonds. The van der Waals surface area contributed by atoms with Gasteiger partial charge in [-0.3, -0.25) is 9.69 Å². The molecule has 1 atom stereocenters. The Bertz CT molecular complexity index is 987. The number of Topliss-reactive ketones (excluding diaryl/α,β-unsaturated/α-hetero) is 1. The van der Waals surface area contributed by atoms with Crippen LogP contribution in [-0.2, 0) is 16.6 Å². The molecule has 0 aliphatic carbocycles. The highest BCUT2D eigenvalue weighted by atomic mass is 32.2. The molecule has 3 rings (SSSR count). The molecule has 162 valence electrons. The van der Waals surface area contributed by atoms with E-state index in [4.69, 9.17) is 4.74 Å². The molecule has 2 aromatic rings. The zero-order valence-electron chi connectivity index (χ0n) is 17.8. The van der Waals surface area contributed by atoms with Crippen molar-refractivity contribution in [2.75, 3.05) is 26.7 Å². The summed E-state index contributed by atoms with van der Waals surface area (Å²) in [5, 5.41) is 0. The average molecular weight is 431 g/mol. The first-order valence-electron chi connectivity index (χ1n) is 10.2. The molecule has 30 heavy (non-hydrogen) atoms. The van der Waals surface area contributed by atoms with E-state index < -0.39 is 10.0 Å². The Morgan fingerprint density at radius 2 is 1.93 bits per heavy atom. The second-order valence-electron chi connectivity index (χ2n) is 7.99. The fourth-order valence-corrected chi connectivity index (χ4v) is 4.97. The minimum atomic E-state index is -3.50. The van der Waals surface area contributed by atoms with Crippen molar-refractivity contribution in [3.8, 4) is 5.75 Å². The lowest BCUT2D eigenvalue weighted by molar-refractivity contribution is 0.101. The summed E-state index contributed by atoms with van der Waals surface area (Å²) in [6.07, 6.45) is 1.99. The number of ether oxygens (including phenoxy) is 1. The number of ketones is 1. The van der Waals surface area contributed by atoms with Crippen molar-refractivity contribution in [1.29, 1.82) is 0 Å². The maximum Gasteiger partial charge on any atom is 0.240 e. The zero-order valence-corrected chi connectivity index (χ0v) is 18.7. The third kappa shape index (κ3) is 5.68. The van der Waals surface area contributed by atoms with Gasteiger partial charge in [0.2, 0.25) is 10.0 Å². The summed E-state index contributed by atoms with van der Waals surface area (Å²) in [4.78, 5) is 14.3. The van der Waals surface area contributed by atoms with Gasteiger partial charge in [-0.1, -0.05) is 17.7 Å². The van der Waals surface area contributed by atoms with E-state index in [1.54, 1.807) is 44.4 Å². The summed E-state index contributed by atoms with van der Waals surface area (Å²) in [5.41, 5.74) is 2.68. The molecule has 0 radical (unpaired) electrons. The van der Waals surface area contributed by atoms with Gasteiger partial charge in [0.25, 0.3) is 0 Å². The average Bonchev–Trinajstić information content (AvgIpc) is 2.73. The molecule has 0 spiro atoms. The van der Waals surface area contributed by atoms with Crippen molar-refractivity contribution >= 4 is 15.8 Å². The smallest absolute Gasteiger partial charge is 0.240 e. The topological polar surface area (TPSA) is 75.7 Å². The standard InChI is InChI=1S/C23H30N2O4S/c1-17-6-9-22(10-7-17)30(27,28)24-14-19-5-4-12-25(15-19)16-21-13-20(18(2)26)8-11-23(21)29-3/h6-11,13,19,24H,4-5,12,14-16H2,1-3H3. The van der Waals surface area contributed by atoms with Crippen LogP contribution in [0.15, 0.2) is 47.4 Å². The number of methoxy groups -OCH3 is 1. The molecule has 1 heterocycles. The molecule has 0 aromatic heterocycles. The van der Waals surface area contributed by atoms with Gasteiger partial charge >= 0.3 is 0 Å². The minimum Gasteiger partial charge on any atom is -0.496 e. The lowest BCUT2D eigenvalue weighted by Crippen LogP contribution is -2.40. The maximum atomic E-state index is 12.6. The van der Waals surface area contributed by atoms with E-state index in [1.165, 1.54) is 0 Å². The second-order valence-corrected chi connectivity index (χ2v) is 9.76. The number of rotatable bonds is 8. The molecule has 1 aliphatic heterocycles. The van der Waals surface area contributed by atoms with Crippen LogP contribution in [0.3, 0.4) is 0 Å². The van der Waals surface area contributed by atoms with Crippen LogP contribution in [0.25, 0.3) is 0 Å². The van der Waals surface area contributed by atoms with E-state index in [1.807, 2.05) is 19.1 Å². The number of hydrogen-bond donors (Lipinski definition) is 1. The van der Waals surface area contributed by atoms with Crippen LogP contribution in [0.2, 0.25) is 0 Å². The number of benzene rings is 2. The third-order valence-corrected chi connectivity index (χ3v) is 7.02. The largest absolute Gasteiger partial charge is 0.496 e. The third-order valence-electron chi connectivity index (χ3n) is 5.58. The number of hydrogen-bond acceptors (Lipinski definition) is 5. The lowest BCUT2D eigenvalue weighted by Gasteiger charge is -2.33. The Kier molecular flexibility index (Phi) is 7.28. The predicted molar refractivity (Wildman–Crippen MR) is 117 cm³/mol. The van der Waals surface area contributed by atoms with Crippen LogP contribution in [-0.4, -0.2) is 45.8 Å². The van der Waals surface area contributed by atoms with E-state index in [0.29, 0.717) is 23.5 Å². The summed E-state index contributed by atoms with van der Waals surface area (Å²) < 4.78 is 33.4. The van der Waals surface area contributed by atoms with Gasteiger partial charge in [-0.15, -0.1) is 0 Å². The molecule has 1 N–H and O–H groups in total. The van der Waals surface area contributed by atoms with Crippen molar-refractivity contribution in [3.63, 3.8) is 0 Å². The molecule has 0 saturated carbocycles. The van der Waals surface area contributed by atoms with Gasteiger partial charge in [-0.25, -0.2) is 13.1 Å². The number of nitrogens with one attached hydrogen (secondary N) is 1. The second kappa shape index (κ2) is 9.73. The zero-order chi connectivity index (χ0) is 21.7. The number of carbonyl (C=O) groups is 1. The first-order valence-corrected chi connectivity index (χ1v) is 11.7. The van der Waals surface area contributed by atoms with Crippen molar-refractivity contribution in [2.24, 2.45) is 5.92 Å². The van der Waals surface area contributed by atoms with E-state index in [2.05, 4.69) is 9.62 Å².